The molecule has 102 valence electrons. The molecule has 0 aliphatic carbocycles. The highest BCUT2D eigenvalue weighted by molar-refractivity contribution is 7.89. The van der Waals surface area contributed by atoms with Crippen molar-refractivity contribution in [2.75, 3.05) is 12.3 Å². The van der Waals surface area contributed by atoms with E-state index in [2.05, 4.69) is 4.72 Å². The molecule has 0 fully saturated rings. The van der Waals surface area contributed by atoms with Crippen LogP contribution in [0, 0.1) is 0 Å². The van der Waals surface area contributed by atoms with E-state index >= 15 is 0 Å². The van der Waals surface area contributed by atoms with Gasteiger partial charge in [0, 0.05) is 6.54 Å². The Kier molecular flexibility index (Phi) is 4.41. The highest BCUT2D eigenvalue weighted by atomic mass is 32.2. The minimum absolute atomic E-state index is 0.157. The minimum atomic E-state index is -3.47. The second-order valence-electron chi connectivity index (χ2n) is 4.92. The molecule has 0 radical (unpaired) electrons. The summed E-state index contributed by atoms with van der Waals surface area (Å²) in [7, 11) is -5.22. The van der Waals surface area contributed by atoms with Gasteiger partial charge in [-0.15, -0.1) is 0 Å². The van der Waals surface area contributed by atoms with Crippen molar-refractivity contribution in [3.05, 3.63) is 18.2 Å². The Labute approximate surface area is 110 Å². The van der Waals surface area contributed by atoms with E-state index < -0.39 is 18.3 Å². The second-order valence-corrected chi connectivity index (χ2v) is 11.1. The predicted molar refractivity (Wildman–Crippen MR) is 75.7 cm³/mol. The van der Waals surface area contributed by atoms with Crippen molar-refractivity contribution < 1.29 is 12.8 Å². The summed E-state index contributed by atoms with van der Waals surface area (Å²) in [6.07, 6.45) is 0. The van der Waals surface area contributed by atoms with Gasteiger partial charge in [-0.1, -0.05) is 6.92 Å². The molecule has 0 amide bonds. The number of benzene rings is 1. The second kappa shape index (κ2) is 5.29. The molecule has 1 aromatic rings. The van der Waals surface area contributed by atoms with Gasteiger partial charge in [0.05, 0.1) is 10.6 Å². The highest BCUT2D eigenvalue weighted by Crippen LogP contribution is 2.27. The summed E-state index contributed by atoms with van der Waals surface area (Å²) in [6, 6.07) is 4.54. The summed E-state index contributed by atoms with van der Waals surface area (Å²) >= 11 is 0. The Bertz CT molecular complexity index is 524. The van der Waals surface area contributed by atoms with E-state index in [0.29, 0.717) is 18.0 Å². The average molecular weight is 288 g/mol. The van der Waals surface area contributed by atoms with Crippen LogP contribution in [-0.4, -0.2) is 23.3 Å². The fourth-order valence-electron chi connectivity index (χ4n) is 1.39. The van der Waals surface area contributed by atoms with Gasteiger partial charge >= 0.3 is 0 Å². The fraction of sp³-hybridized carbons (Fsp3) is 0.455. The lowest BCUT2D eigenvalue weighted by molar-refractivity contribution is 0.559. The molecule has 0 spiro atoms. The topological polar surface area (TPSA) is 81.4 Å². The maximum absolute atomic E-state index is 11.8. The Balaban J connectivity index is 3.07. The quantitative estimate of drug-likeness (QED) is 0.639. The van der Waals surface area contributed by atoms with E-state index in [1.165, 1.54) is 12.1 Å². The first-order chi connectivity index (χ1) is 8.15. The van der Waals surface area contributed by atoms with Gasteiger partial charge in [0.25, 0.3) is 0 Å². The molecule has 1 rings (SSSR count). The zero-order valence-corrected chi connectivity index (χ0v) is 13.0. The third-order valence-corrected chi connectivity index (χ3v) is 4.42. The van der Waals surface area contributed by atoms with E-state index in [1.54, 1.807) is 13.0 Å². The monoisotopic (exact) mass is 288 g/mol. The molecule has 0 unspecified atom stereocenters. The molecule has 3 N–H and O–H groups in total. The number of nitrogens with two attached hydrogens (primary N) is 1. The standard InChI is InChI=1S/C11H20N2O3SSi/c1-5-13-17(14,15)9-6-7-11(10(12)8-9)16-18(2,3)4/h6-8,13H,5,12H2,1-4H3. The van der Waals surface area contributed by atoms with Crippen molar-refractivity contribution in [1.82, 2.24) is 4.72 Å². The van der Waals surface area contributed by atoms with Gasteiger partial charge in [-0.25, -0.2) is 13.1 Å². The summed E-state index contributed by atoms with van der Waals surface area (Å²) in [6.45, 7) is 8.18. The Morgan fingerprint density at radius 1 is 1.33 bits per heavy atom. The predicted octanol–water partition coefficient (Wildman–Crippen LogP) is 1.78. The smallest absolute Gasteiger partial charge is 0.242 e. The van der Waals surface area contributed by atoms with E-state index in [-0.39, 0.29) is 4.90 Å². The van der Waals surface area contributed by atoms with Gasteiger partial charge in [-0.2, -0.15) is 0 Å². The number of hydrogen-bond donors (Lipinski definition) is 2. The number of anilines is 1. The van der Waals surface area contributed by atoms with Gasteiger partial charge in [-0.05, 0) is 37.8 Å². The first-order valence-corrected chi connectivity index (χ1v) is 10.6. The van der Waals surface area contributed by atoms with Gasteiger partial charge in [0.2, 0.25) is 18.3 Å². The maximum atomic E-state index is 11.8. The first kappa shape index (κ1) is 15.0. The van der Waals surface area contributed by atoms with E-state index in [0.717, 1.165) is 0 Å². The largest absolute Gasteiger partial charge is 0.543 e. The van der Waals surface area contributed by atoms with Gasteiger partial charge in [-0.3, -0.25) is 0 Å². The van der Waals surface area contributed by atoms with Crippen LogP contribution in [0.25, 0.3) is 0 Å². The minimum Gasteiger partial charge on any atom is -0.543 e. The SMILES string of the molecule is CCNS(=O)(=O)c1ccc(O[Si](C)(C)C)c(N)c1. The lowest BCUT2D eigenvalue weighted by Crippen LogP contribution is -2.29. The lowest BCUT2D eigenvalue weighted by Gasteiger charge is -2.20. The molecule has 0 saturated heterocycles. The molecule has 18 heavy (non-hydrogen) atoms. The van der Waals surface area contributed by atoms with Crippen LogP contribution in [0.2, 0.25) is 19.6 Å². The van der Waals surface area contributed by atoms with Gasteiger partial charge in [0.1, 0.15) is 5.75 Å². The van der Waals surface area contributed by atoms with E-state index in [9.17, 15) is 8.42 Å². The summed E-state index contributed by atoms with van der Waals surface area (Å²) in [5.74, 6) is 0.546. The average Bonchev–Trinajstić information content (AvgIpc) is 2.19. The van der Waals surface area contributed by atoms with Crippen molar-refractivity contribution in [1.29, 1.82) is 0 Å². The number of nitrogens with one attached hydrogen (secondary N) is 1. The molecule has 1 aromatic carbocycles. The van der Waals surface area contributed by atoms with Crippen LogP contribution in [0.3, 0.4) is 0 Å². The van der Waals surface area contributed by atoms with Crippen molar-refractivity contribution in [3.8, 4) is 5.75 Å². The van der Waals surface area contributed by atoms with Crippen LogP contribution in [0.15, 0.2) is 23.1 Å². The van der Waals surface area contributed by atoms with Crippen molar-refractivity contribution in [2.24, 2.45) is 0 Å². The lowest BCUT2D eigenvalue weighted by atomic mass is 10.3. The number of nitrogen functional groups attached to an aromatic ring is 1. The molecule has 0 heterocycles. The molecule has 0 bridgehead atoms. The van der Waals surface area contributed by atoms with Gasteiger partial charge in [0.15, 0.2) is 0 Å². The zero-order chi connectivity index (χ0) is 14.0. The van der Waals surface area contributed by atoms with Crippen LogP contribution in [-0.2, 0) is 10.0 Å². The van der Waals surface area contributed by atoms with E-state index in [4.69, 9.17) is 10.2 Å². The van der Waals surface area contributed by atoms with Crippen LogP contribution in [0.4, 0.5) is 5.69 Å². The third-order valence-electron chi connectivity index (χ3n) is 2.04. The van der Waals surface area contributed by atoms with Gasteiger partial charge < -0.3 is 10.2 Å². The van der Waals surface area contributed by atoms with Crippen LogP contribution in [0.1, 0.15) is 6.92 Å². The summed E-state index contributed by atoms with van der Waals surface area (Å²) in [5.41, 5.74) is 6.17. The van der Waals surface area contributed by atoms with Crippen LogP contribution in [0.5, 0.6) is 5.75 Å². The summed E-state index contributed by atoms with van der Waals surface area (Å²) in [5, 5.41) is 0. The molecule has 0 aromatic heterocycles. The Morgan fingerprint density at radius 2 is 1.94 bits per heavy atom. The Morgan fingerprint density at radius 3 is 2.39 bits per heavy atom. The zero-order valence-electron chi connectivity index (χ0n) is 11.1. The van der Waals surface area contributed by atoms with E-state index in [1.807, 2.05) is 19.6 Å². The third kappa shape index (κ3) is 4.00. The van der Waals surface area contributed by atoms with Crippen LogP contribution < -0.4 is 14.9 Å². The molecule has 0 aliphatic heterocycles. The molecular formula is C11H20N2O3SSi. The summed E-state index contributed by atoms with van der Waals surface area (Å²) in [4.78, 5) is 0.157. The molecule has 7 heteroatoms. The number of sulfonamides is 1. The molecule has 0 aliphatic rings. The highest BCUT2D eigenvalue weighted by Gasteiger charge is 2.19. The van der Waals surface area contributed by atoms with Crippen molar-refractivity contribution in [3.63, 3.8) is 0 Å². The maximum Gasteiger partial charge on any atom is 0.242 e. The molecule has 0 atom stereocenters. The molecule has 0 saturated carbocycles. The number of rotatable bonds is 5. The Hall–Kier alpha value is -1.05. The molecular weight excluding hydrogens is 268 g/mol. The van der Waals surface area contributed by atoms with Crippen molar-refractivity contribution in [2.45, 2.75) is 31.5 Å². The summed E-state index contributed by atoms with van der Waals surface area (Å²) < 4.78 is 31.7. The normalized spacial score (nSPS) is 12.4. The first-order valence-electron chi connectivity index (χ1n) is 5.74. The van der Waals surface area contributed by atoms with Crippen molar-refractivity contribution >= 4 is 24.0 Å². The fourth-order valence-corrected chi connectivity index (χ4v) is 3.31. The molecule has 5 nitrogen and oxygen atoms in total. The number of hydrogen-bond acceptors (Lipinski definition) is 4. The van der Waals surface area contributed by atoms with Crippen LogP contribution >= 0.6 is 0 Å².